The van der Waals surface area contributed by atoms with Crippen molar-refractivity contribution >= 4 is 16.8 Å². The predicted molar refractivity (Wildman–Crippen MR) is 152 cm³/mol. The summed E-state index contributed by atoms with van der Waals surface area (Å²) in [6, 6.07) is 6.80. The molecule has 2 aliphatic heterocycles. The summed E-state index contributed by atoms with van der Waals surface area (Å²) in [7, 11) is 5.26. The van der Waals surface area contributed by atoms with Crippen LogP contribution in [0.15, 0.2) is 36.7 Å². The number of fused-ring (bicyclic) bond motifs is 2. The van der Waals surface area contributed by atoms with Crippen LogP contribution in [0, 0.1) is 0 Å². The summed E-state index contributed by atoms with van der Waals surface area (Å²) >= 11 is 0. The second kappa shape index (κ2) is 10.9. The van der Waals surface area contributed by atoms with Gasteiger partial charge in [-0.3, -0.25) is 9.48 Å². The number of pyridine rings is 1. The van der Waals surface area contributed by atoms with Crippen LogP contribution < -0.4 is 0 Å². The molecular formula is C30H35F2N7O2. The number of rotatable bonds is 7. The fraction of sp³-hybridized carbons (Fsp3) is 0.467. The minimum atomic E-state index is -2.71. The summed E-state index contributed by atoms with van der Waals surface area (Å²) in [5.74, 6) is 1.14. The molecule has 216 valence electrons. The first-order chi connectivity index (χ1) is 19.8. The number of carbonyl (C=O) groups is 1. The van der Waals surface area contributed by atoms with Crippen LogP contribution >= 0.6 is 0 Å². The van der Waals surface area contributed by atoms with Crippen molar-refractivity contribution in [2.24, 2.45) is 7.05 Å². The maximum Gasteiger partial charge on any atom is 0.265 e. The van der Waals surface area contributed by atoms with E-state index in [0.29, 0.717) is 29.6 Å². The summed E-state index contributed by atoms with van der Waals surface area (Å²) in [5, 5.41) is 4.77. The Morgan fingerprint density at radius 1 is 1.12 bits per heavy atom. The molecule has 0 N–H and O–H groups in total. The number of aryl methyl sites for hydroxylation is 1. The Hall–Kier alpha value is -3.70. The van der Waals surface area contributed by atoms with Gasteiger partial charge in [-0.2, -0.15) is 5.10 Å². The first-order valence-electron chi connectivity index (χ1n) is 14.0. The normalized spacial score (nSPS) is 18.6. The van der Waals surface area contributed by atoms with Gasteiger partial charge >= 0.3 is 0 Å². The highest BCUT2D eigenvalue weighted by Gasteiger charge is 2.36. The number of amides is 1. The molecule has 0 bridgehead atoms. The average Bonchev–Trinajstić information content (AvgIpc) is 3.57. The number of likely N-dealkylation sites (N-methyl/N-ethyl adjacent to an activating group) is 1. The van der Waals surface area contributed by atoms with E-state index in [1.165, 1.54) is 0 Å². The van der Waals surface area contributed by atoms with Crippen LogP contribution in [0.1, 0.15) is 55.2 Å². The molecule has 11 heteroatoms. The Morgan fingerprint density at radius 2 is 1.90 bits per heavy atom. The van der Waals surface area contributed by atoms with Crippen molar-refractivity contribution in [3.05, 3.63) is 53.7 Å². The number of hydrogen-bond donors (Lipinski definition) is 0. The van der Waals surface area contributed by atoms with Gasteiger partial charge in [-0.05, 0) is 45.0 Å². The zero-order chi connectivity index (χ0) is 28.8. The Balaban J connectivity index is 1.48. The van der Waals surface area contributed by atoms with Crippen molar-refractivity contribution in [3.63, 3.8) is 0 Å². The van der Waals surface area contributed by atoms with E-state index in [9.17, 15) is 13.6 Å². The Bertz CT molecular complexity index is 1590. The highest BCUT2D eigenvalue weighted by atomic mass is 19.3. The number of nitrogens with zero attached hydrogens (tertiary/aromatic N) is 7. The lowest BCUT2D eigenvalue weighted by molar-refractivity contribution is -0.135. The molecule has 1 amide bonds. The zero-order valence-electron chi connectivity index (χ0n) is 23.8. The monoisotopic (exact) mass is 563 g/mol. The number of likely N-dealkylation sites (tertiary alicyclic amines) is 1. The summed E-state index contributed by atoms with van der Waals surface area (Å²) in [6.45, 7) is 5.77. The quantitative estimate of drug-likeness (QED) is 0.322. The molecule has 1 unspecified atom stereocenters. The summed E-state index contributed by atoms with van der Waals surface area (Å²) in [5.41, 5.74) is 3.64. The van der Waals surface area contributed by atoms with E-state index >= 15 is 0 Å². The number of benzene rings is 1. The third kappa shape index (κ3) is 4.91. The van der Waals surface area contributed by atoms with Crippen molar-refractivity contribution in [2.75, 3.05) is 40.4 Å². The Labute approximate surface area is 237 Å². The molecule has 0 aliphatic carbocycles. The number of carbonyl (C=O) groups excluding carboxylic acids is 1. The summed E-state index contributed by atoms with van der Waals surface area (Å²) in [6.07, 6.45) is 2.39. The molecule has 1 fully saturated rings. The fourth-order valence-electron chi connectivity index (χ4n) is 6.30. The van der Waals surface area contributed by atoms with Crippen LogP contribution in [0.4, 0.5) is 8.78 Å². The molecule has 9 nitrogen and oxygen atoms in total. The number of hydrogen-bond acceptors (Lipinski definition) is 6. The van der Waals surface area contributed by atoms with Crippen LogP contribution in [-0.4, -0.2) is 80.4 Å². The van der Waals surface area contributed by atoms with Crippen LogP contribution in [0.3, 0.4) is 0 Å². The molecule has 0 spiro atoms. The van der Waals surface area contributed by atoms with Gasteiger partial charge in [0.25, 0.3) is 6.43 Å². The number of methoxy groups -OCH3 is 1. The van der Waals surface area contributed by atoms with Crippen LogP contribution in [-0.2, 0) is 23.1 Å². The maximum atomic E-state index is 14.4. The van der Waals surface area contributed by atoms with E-state index in [1.54, 1.807) is 49.2 Å². The molecular weight excluding hydrogens is 528 g/mol. The summed E-state index contributed by atoms with van der Waals surface area (Å²) in [4.78, 5) is 27.1. The highest BCUT2D eigenvalue weighted by molar-refractivity contribution is 5.96. The van der Waals surface area contributed by atoms with Crippen LogP contribution in [0.5, 0.6) is 0 Å². The zero-order valence-corrected chi connectivity index (χ0v) is 23.8. The topological polar surface area (TPSA) is 81.3 Å². The second-order valence-electron chi connectivity index (χ2n) is 11.1. The third-order valence-corrected chi connectivity index (χ3v) is 8.47. The third-order valence-electron chi connectivity index (χ3n) is 8.47. The van der Waals surface area contributed by atoms with Gasteiger partial charge in [0, 0.05) is 61.9 Å². The maximum absolute atomic E-state index is 14.4. The first kappa shape index (κ1) is 27.5. The lowest BCUT2D eigenvalue weighted by atomic mass is 9.95. The van der Waals surface area contributed by atoms with Crippen molar-refractivity contribution in [2.45, 2.75) is 44.7 Å². The number of aromatic nitrogens is 5. The van der Waals surface area contributed by atoms with Crippen molar-refractivity contribution in [1.82, 2.24) is 34.1 Å². The highest BCUT2D eigenvalue weighted by Crippen LogP contribution is 2.41. The van der Waals surface area contributed by atoms with Crippen LogP contribution in [0.2, 0.25) is 0 Å². The van der Waals surface area contributed by atoms with Crippen molar-refractivity contribution < 1.29 is 18.3 Å². The first-order valence-corrected chi connectivity index (χ1v) is 14.0. The Morgan fingerprint density at radius 3 is 2.59 bits per heavy atom. The molecule has 6 rings (SSSR count). The number of halogens is 2. The second-order valence-corrected chi connectivity index (χ2v) is 11.1. The van der Waals surface area contributed by atoms with Gasteiger partial charge in [0.05, 0.1) is 41.9 Å². The van der Waals surface area contributed by atoms with Crippen LogP contribution in [0.25, 0.3) is 33.4 Å². The summed E-state index contributed by atoms with van der Waals surface area (Å²) < 4.78 is 37.8. The van der Waals surface area contributed by atoms with Crippen molar-refractivity contribution in [1.29, 1.82) is 0 Å². The largest absolute Gasteiger partial charge is 0.383 e. The fourth-order valence-corrected chi connectivity index (χ4v) is 6.30. The number of imidazole rings is 1. The molecule has 0 radical (unpaired) electrons. The van der Waals surface area contributed by atoms with Gasteiger partial charge < -0.3 is 19.1 Å². The molecule has 41 heavy (non-hydrogen) atoms. The van der Waals surface area contributed by atoms with E-state index in [2.05, 4.69) is 14.6 Å². The lowest BCUT2D eigenvalue weighted by Gasteiger charge is -2.35. The van der Waals surface area contributed by atoms with E-state index in [4.69, 9.17) is 14.7 Å². The standard InChI is InChI=1S/C30H35F2N7O2/c1-18-30(40)36(2)17-25-27(35-29(39(18)25)19-8-10-38(11-9-19)12-13-41-4)21-6-5-7-24-22(21)14-23(28(31)32)26(34-24)20-15-33-37(3)16-20/h5-7,14-16,18-19,28H,8-13,17H2,1-4H3. The number of alkyl halides is 2. The molecule has 3 aromatic heterocycles. The van der Waals surface area contributed by atoms with E-state index in [1.807, 2.05) is 25.1 Å². The molecule has 1 aromatic carbocycles. The van der Waals surface area contributed by atoms with Gasteiger partial charge in [0.1, 0.15) is 11.9 Å². The molecule has 1 saturated heterocycles. The number of piperidine rings is 1. The number of ether oxygens (including phenoxy) is 1. The van der Waals surface area contributed by atoms with E-state index in [0.717, 1.165) is 55.3 Å². The molecule has 5 heterocycles. The van der Waals surface area contributed by atoms with E-state index < -0.39 is 12.5 Å². The van der Waals surface area contributed by atoms with Crippen molar-refractivity contribution in [3.8, 4) is 22.5 Å². The minimum Gasteiger partial charge on any atom is -0.383 e. The lowest BCUT2D eigenvalue weighted by Crippen LogP contribution is -2.41. The molecule has 2 aliphatic rings. The molecule has 4 aromatic rings. The van der Waals surface area contributed by atoms with Gasteiger partial charge in [0.15, 0.2) is 0 Å². The van der Waals surface area contributed by atoms with Gasteiger partial charge in [-0.1, -0.05) is 12.1 Å². The predicted octanol–water partition coefficient (Wildman–Crippen LogP) is 4.80. The van der Waals surface area contributed by atoms with Gasteiger partial charge in [-0.25, -0.2) is 18.7 Å². The molecule has 1 atom stereocenters. The van der Waals surface area contributed by atoms with Gasteiger partial charge in [-0.15, -0.1) is 0 Å². The minimum absolute atomic E-state index is 0.0425. The SMILES string of the molecule is COCCN1CCC(c2nc(-c3cccc4nc(-c5cnn(C)c5)c(C(F)F)cc34)c3n2C(C)C(=O)N(C)C3)CC1. The smallest absolute Gasteiger partial charge is 0.265 e. The average molecular weight is 564 g/mol. The Kier molecular flexibility index (Phi) is 7.33. The molecule has 0 saturated carbocycles. The van der Waals surface area contributed by atoms with Gasteiger partial charge in [0.2, 0.25) is 5.91 Å². The van der Waals surface area contributed by atoms with E-state index in [-0.39, 0.29) is 23.1 Å².